The van der Waals surface area contributed by atoms with E-state index in [9.17, 15) is 9.59 Å². The van der Waals surface area contributed by atoms with Gasteiger partial charge < -0.3 is 10.6 Å². The highest BCUT2D eigenvalue weighted by atomic mass is 35.5. The van der Waals surface area contributed by atoms with Crippen LogP contribution in [-0.4, -0.2) is 37.4 Å². The van der Waals surface area contributed by atoms with E-state index in [2.05, 4.69) is 20.8 Å². The topological polar surface area (TPSA) is 93.8 Å². The molecule has 4 rings (SSSR count). The van der Waals surface area contributed by atoms with Crippen LogP contribution in [0.15, 0.2) is 36.7 Å². The molecule has 0 saturated heterocycles. The molecule has 2 aromatic heterocycles. The van der Waals surface area contributed by atoms with Crippen molar-refractivity contribution in [3.63, 3.8) is 0 Å². The number of benzene rings is 1. The van der Waals surface area contributed by atoms with Gasteiger partial charge in [0.15, 0.2) is 0 Å². The zero-order chi connectivity index (χ0) is 22.7. The molecule has 1 aliphatic rings. The SMILES string of the molecule is Cc1ccc(Cn2nc(C)c(C(=O)Nc3cnn(CC(=O)NC4CCCC4)c3)c2Cl)cc1. The van der Waals surface area contributed by atoms with Gasteiger partial charge in [-0.3, -0.25) is 14.3 Å². The monoisotopic (exact) mass is 454 g/mol. The van der Waals surface area contributed by atoms with Crippen LogP contribution in [-0.2, 0) is 17.9 Å². The first-order valence-electron chi connectivity index (χ1n) is 10.8. The average Bonchev–Trinajstić information content (AvgIpc) is 3.46. The lowest BCUT2D eigenvalue weighted by Crippen LogP contribution is -2.35. The summed E-state index contributed by atoms with van der Waals surface area (Å²) in [6.45, 7) is 4.37. The molecule has 32 heavy (non-hydrogen) atoms. The summed E-state index contributed by atoms with van der Waals surface area (Å²) in [5, 5.41) is 14.7. The van der Waals surface area contributed by atoms with Gasteiger partial charge in [0, 0.05) is 12.2 Å². The molecular weight excluding hydrogens is 428 g/mol. The molecule has 2 heterocycles. The van der Waals surface area contributed by atoms with E-state index in [-0.39, 0.29) is 29.6 Å². The molecule has 2 amide bonds. The summed E-state index contributed by atoms with van der Waals surface area (Å²) in [7, 11) is 0. The molecule has 0 atom stereocenters. The number of aromatic nitrogens is 4. The zero-order valence-electron chi connectivity index (χ0n) is 18.3. The first kappa shape index (κ1) is 22.1. The summed E-state index contributed by atoms with van der Waals surface area (Å²) in [5.41, 5.74) is 3.58. The standard InChI is InChI=1S/C23H27ClN6O2/c1-15-7-9-17(10-8-15)12-30-22(24)21(16(2)28-30)23(32)27-19-11-25-29(13-19)14-20(31)26-18-5-3-4-6-18/h7-11,13,18H,3-6,12,14H2,1-2H3,(H,26,31)(H,27,32). The number of hydrogen-bond donors (Lipinski definition) is 2. The maximum absolute atomic E-state index is 12.9. The second kappa shape index (κ2) is 9.56. The fourth-order valence-corrected chi connectivity index (χ4v) is 4.30. The normalized spacial score (nSPS) is 14.0. The molecule has 0 spiro atoms. The molecule has 1 aromatic carbocycles. The van der Waals surface area contributed by atoms with Gasteiger partial charge in [-0.15, -0.1) is 0 Å². The van der Waals surface area contributed by atoms with Gasteiger partial charge in [-0.25, -0.2) is 4.68 Å². The molecule has 0 bridgehead atoms. The summed E-state index contributed by atoms with van der Waals surface area (Å²) < 4.78 is 3.13. The minimum absolute atomic E-state index is 0.0749. The highest BCUT2D eigenvalue weighted by Crippen LogP contribution is 2.23. The summed E-state index contributed by atoms with van der Waals surface area (Å²) in [4.78, 5) is 25.1. The first-order chi connectivity index (χ1) is 15.4. The van der Waals surface area contributed by atoms with Crippen LogP contribution in [0.25, 0.3) is 0 Å². The highest BCUT2D eigenvalue weighted by Gasteiger charge is 2.21. The van der Waals surface area contributed by atoms with E-state index in [1.54, 1.807) is 17.8 Å². The Morgan fingerprint density at radius 3 is 2.59 bits per heavy atom. The Bertz CT molecular complexity index is 1110. The number of rotatable bonds is 7. The van der Waals surface area contributed by atoms with Crippen molar-refractivity contribution in [2.45, 2.75) is 58.7 Å². The smallest absolute Gasteiger partial charge is 0.260 e. The minimum Gasteiger partial charge on any atom is -0.352 e. The summed E-state index contributed by atoms with van der Waals surface area (Å²) in [6.07, 6.45) is 7.53. The van der Waals surface area contributed by atoms with E-state index >= 15 is 0 Å². The number of nitrogens with one attached hydrogen (secondary N) is 2. The fraction of sp³-hybridized carbons (Fsp3) is 0.391. The Kier molecular flexibility index (Phi) is 6.60. The number of carbonyl (C=O) groups is 2. The molecule has 0 unspecified atom stereocenters. The van der Waals surface area contributed by atoms with E-state index < -0.39 is 0 Å². The number of anilines is 1. The van der Waals surface area contributed by atoms with Crippen molar-refractivity contribution >= 4 is 29.1 Å². The van der Waals surface area contributed by atoms with Gasteiger partial charge in [0.2, 0.25) is 5.91 Å². The van der Waals surface area contributed by atoms with Crippen LogP contribution in [0.3, 0.4) is 0 Å². The number of hydrogen-bond acceptors (Lipinski definition) is 4. The molecule has 1 saturated carbocycles. The third-order valence-corrected chi connectivity index (χ3v) is 6.05. The molecule has 168 valence electrons. The highest BCUT2D eigenvalue weighted by molar-refractivity contribution is 6.33. The van der Waals surface area contributed by atoms with Gasteiger partial charge in [-0.05, 0) is 32.3 Å². The van der Waals surface area contributed by atoms with Crippen LogP contribution < -0.4 is 10.6 Å². The van der Waals surface area contributed by atoms with Gasteiger partial charge in [0.05, 0.1) is 29.7 Å². The van der Waals surface area contributed by atoms with Gasteiger partial charge in [0.25, 0.3) is 5.91 Å². The molecule has 2 N–H and O–H groups in total. The Morgan fingerprint density at radius 1 is 1.16 bits per heavy atom. The van der Waals surface area contributed by atoms with Crippen molar-refractivity contribution in [1.82, 2.24) is 24.9 Å². The Morgan fingerprint density at radius 2 is 1.88 bits per heavy atom. The van der Waals surface area contributed by atoms with Crippen molar-refractivity contribution in [3.05, 3.63) is 64.2 Å². The van der Waals surface area contributed by atoms with Crippen LogP contribution in [0.5, 0.6) is 0 Å². The number of carbonyl (C=O) groups excluding carboxylic acids is 2. The molecule has 3 aromatic rings. The number of halogens is 1. The van der Waals surface area contributed by atoms with Gasteiger partial charge >= 0.3 is 0 Å². The van der Waals surface area contributed by atoms with Crippen LogP contribution in [0, 0.1) is 13.8 Å². The van der Waals surface area contributed by atoms with Crippen LogP contribution >= 0.6 is 11.6 Å². The molecular formula is C23H27ClN6O2. The number of aryl methyl sites for hydroxylation is 2. The molecule has 0 radical (unpaired) electrons. The lowest BCUT2D eigenvalue weighted by Gasteiger charge is -2.11. The predicted octanol–water partition coefficient (Wildman–Crippen LogP) is 3.71. The lowest BCUT2D eigenvalue weighted by atomic mass is 10.1. The maximum atomic E-state index is 12.9. The van der Waals surface area contributed by atoms with E-state index in [4.69, 9.17) is 11.6 Å². The van der Waals surface area contributed by atoms with Crippen molar-refractivity contribution in [2.75, 3.05) is 5.32 Å². The Hall–Kier alpha value is -3.13. The fourth-order valence-electron chi connectivity index (χ4n) is 3.98. The van der Waals surface area contributed by atoms with Crippen LogP contribution in [0.1, 0.15) is 52.9 Å². The van der Waals surface area contributed by atoms with Crippen molar-refractivity contribution in [2.24, 2.45) is 0 Å². The van der Waals surface area contributed by atoms with E-state index in [0.29, 0.717) is 23.5 Å². The Labute approximate surface area is 191 Å². The molecule has 1 aliphatic carbocycles. The summed E-state index contributed by atoms with van der Waals surface area (Å²) >= 11 is 6.49. The predicted molar refractivity (Wildman–Crippen MR) is 123 cm³/mol. The van der Waals surface area contributed by atoms with Crippen molar-refractivity contribution < 1.29 is 9.59 Å². The lowest BCUT2D eigenvalue weighted by molar-refractivity contribution is -0.122. The first-order valence-corrected chi connectivity index (χ1v) is 11.2. The molecule has 8 nitrogen and oxygen atoms in total. The van der Waals surface area contributed by atoms with Gasteiger partial charge in [0.1, 0.15) is 11.7 Å². The Balaban J connectivity index is 1.39. The zero-order valence-corrected chi connectivity index (χ0v) is 19.0. The third kappa shape index (κ3) is 5.19. The maximum Gasteiger partial charge on any atom is 0.260 e. The quantitative estimate of drug-likeness (QED) is 0.569. The number of amides is 2. The minimum atomic E-state index is -0.363. The largest absolute Gasteiger partial charge is 0.352 e. The van der Waals surface area contributed by atoms with Gasteiger partial charge in [-0.2, -0.15) is 10.2 Å². The third-order valence-electron chi connectivity index (χ3n) is 5.66. The second-order valence-corrected chi connectivity index (χ2v) is 8.68. The summed E-state index contributed by atoms with van der Waals surface area (Å²) in [5.74, 6) is -0.438. The van der Waals surface area contributed by atoms with Crippen molar-refractivity contribution in [1.29, 1.82) is 0 Å². The van der Waals surface area contributed by atoms with Crippen LogP contribution in [0.2, 0.25) is 5.15 Å². The molecule has 9 heteroatoms. The number of nitrogens with zero attached hydrogens (tertiary/aromatic N) is 4. The summed E-state index contributed by atoms with van der Waals surface area (Å²) in [6, 6.07) is 8.34. The van der Waals surface area contributed by atoms with Crippen LogP contribution in [0.4, 0.5) is 5.69 Å². The second-order valence-electron chi connectivity index (χ2n) is 8.32. The van der Waals surface area contributed by atoms with Crippen molar-refractivity contribution in [3.8, 4) is 0 Å². The molecule has 0 aliphatic heterocycles. The molecule has 1 fully saturated rings. The van der Waals surface area contributed by atoms with E-state index in [0.717, 1.165) is 31.2 Å². The van der Waals surface area contributed by atoms with Gasteiger partial charge in [-0.1, -0.05) is 54.3 Å². The van der Waals surface area contributed by atoms with E-state index in [1.165, 1.54) is 16.4 Å². The van der Waals surface area contributed by atoms with E-state index in [1.807, 2.05) is 31.2 Å². The average molecular weight is 455 g/mol.